The quantitative estimate of drug-likeness (QED) is 0.839. The van der Waals surface area contributed by atoms with E-state index in [1.165, 1.54) is 11.1 Å². The van der Waals surface area contributed by atoms with Gasteiger partial charge in [-0.25, -0.2) is 0 Å². The van der Waals surface area contributed by atoms with Gasteiger partial charge in [0.1, 0.15) is 0 Å². The van der Waals surface area contributed by atoms with E-state index in [2.05, 4.69) is 23.5 Å². The maximum atomic E-state index is 12.2. The average molecular weight is 266 g/mol. The Morgan fingerprint density at radius 3 is 2.85 bits per heavy atom. The maximum absolute atomic E-state index is 12.2. The summed E-state index contributed by atoms with van der Waals surface area (Å²) >= 11 is 0. The minimum atomic E-state index is -0.0874. The van der Waals surface area contributed by atoms with Crippen LogP contribution in [0.3, 0.4) is 0 Å². The van der Waals surface area contributed by atoms with Crippen LogP contribution in [0, 0.1) is 6.92 Å². The first-order chi connectivity index (χ1) is 9.66. The Labute approximate surface area is 118 Å². The van der Waals surface area contributed by atoms with E-state index in [0.717, 1.165) is 12.0 Å². The second-order valence-corrected chi connectivity index (χ2v) is 5.35. The molecule has 0 radical (unpaired) electrons. The summed E-state index contributed by atoms with van der Waals surface area (Å²) < 4.78 is 0. The van der Waals surface area contributed by atoms with Gasteiger partial charge in [0, 0.05) is 18.2 Å². The van der Waals surface area contributed by atoms with E-state index in [0.29, 0.717) is 23.7 Å². The number of benzene rings is 2. The molecule has 1 amide bonds. The molecule has 1 aliphatic rings. The van der Waals surface area contributed by atoms with E-state index in [1.54, 1.807) is 6.07 Å². The molecule has 1 aliphatic carbocycles. The molecule has 2 aromatic rings. The molecule has 2 aromatic carbocycles. The fourth-order valence-electron chi connectivity index (χ4n) is 2.73. The highest BCUT2D eigenvalue weighted by Crippen LogP contribution is 2.34. The molecule has 1 atom stereocenters. The van der Waals surface area contributed by atoms with Crippen LogP contribution in [-0.4, -0.2) is 12.5 Å². The van der Waals surface area contributed by atoms with Gasteiger partial charge in [-0.1, -0.05) is 36.4 Å². The highest BCUT2D eigenvalue weighted by atomic mass is 16.1. The van der Waals surface area contributed by atoms with E-state index in [-0.39, 0.29) is 5.91 Å². The molecule has 3 rings (SSSR count). The zero-order valence-electron chi connectivity index (χ0n) is 11.5. The van der Waals surface area contributed by atoms with Gasteiger partial charge in [-0.05, 0) is 36.1 Å². The molecule has 0 fully saturated rings. The first-order valence-corrected chi connectivity index (χ1v) is 6.88. The highest BCUT2D eigenvalue weighted by molar-refractivity contribution is 5.99. The van der Waals surface area contributed by atoms with Crippen molar-refractivity contribution < 1.29 is 4.79 Å². The minimum Gasteiger partial charge on any atom is -0.398 e. The van der Waals surface area contributed by atoms with Crippen molar-refractivity contribution in [3.05, 3.63) is 64.7 Å². The average Bonchev–Trinajstić information content (AvgIpc) is 2.42. The van der Waals surface area contributed by atoms with Crippen molar-refractivity contribution in [3.63, 3.8) is 0 Å². The van der Waals surface area contributed by atoms with Crippen LogP contribution in [0.4, 0.5) is 5.69 Å². The van der Waals surface area contributed by atoms with E-state index < -0.39 is 0 Å². The zero-order valence-corrected chi connectivity index (χ0v) is 11.5. The number of aryl methyl sites for hydroxylation is 1. The summed E-state index contributed by atoms with van der Waals surface area (Å²) in [6, 6.07) is 13.9. The molecule has 0 saturated carbocycles. The van der Waals surface area contributed by atoms with Gasteiger partial charge >= 0.3 is 0 Å². The molecule has 20 heavy (non-hydrogen) atoms. The lowest BCUT2D eigenvalue weighted by Crippen LogP contribution is -2.33. The largest absolute Gasteiger partial charge is 0.398 e. The predicted octanol–water partition coefficient (Wildman–Crippen LogP) is 2.65. The lowest BCUT2D eigenvalue weighted by atomic mass is 9.77. The van der Waals surface area contributed by atoms with Crippen molar-refractivity contribution in [2.24, 2.45) is 0 Å². The number of amides is 1. The number of nitrogens with two attached hydrogens (primary N) is 1. The van der Waals surface area contributed by atoms with Crippen molar-refractivity contribution in [1.29, 1.82) is 0 Å². The van der Waals surface area contributed by atoms with Crippen molar-refractivity contribution in [2.45, 2.75) is 19.3 Å². The molecule has 3 heteroatoms. The van der Waals surface area contributed by atoms with E-state index in [9.17, 15) is 4.79 Å². The lowest BCUT2D eigenvalue weighted by Gasteiger charge is -2.30. The SMILES string of the molecule is Cc1cccc(C(=O)NCC2Cc3ccccc32)c1N. The Kier molecular flexibility index (Phi) is 3.18. The zero-order chi connectivity index (χ0) is 14.1. The predicted molar refractivity (Wildman–Crippen MR) is 80.8 cm³/mol. The van der Waals surface area contributed by atoms with Gasteiger partial charge in [-0.15, -0.1) is 0 Å². The summed E-state index contributed by atoms with van der Waals surface area (Å²) in [5, 5.41) is 2.99. The Balaban J connectivity index is 1.65. The fourth-order valence-corrected chi connectivity index (χ4v) is 2.73. The highest BCUT2D eigenvalue weighted by Gasteiger charge is 2.25. The van der Waals surface area contributed by atoms with Crippen molar-refractivity contribution >= 4 is 11.6 Å². The molecule has 3 nitrogen and oxygen atoms in total. The summed E-state index contributed by atoms with van der Waals surface area (Å²) in [7, 11) is 0. The fraction of sp³-hybridized carbons (Fsp3) is 0.235. The molecule has 0 heterocycles. The number of anilines is 1. The van der Waals surface area contributed by atoms with E-state index in [4.69, 9.17) is 5.73 Å². The molecular formula is C17H18N2O. The van der Waals surface area contributed by atoms with Gasteiger partial charge in [0.25, 0.3) is 5.91 Å². The number of hydrogen-bond acceptors (Lipinski definition) is 2. The van der Waals surface area contributed by atoms with Crippen molar-refractivity contribution in [1.82, 2.24) is 5.32 Å². The number of nitrogens with one attached hydrogen (secondary N) is 1. The number of rotatable bonds is 3. The van der Waals surface area contributed by atoms with E-state index >= 15 is 0 Å². The van der Waals surface area contributed by atoms with Gasteiger partial charge in [0.15, 0.2) is 0 Å². The van der Waals surface area contributed by atoms with Crippen LogP contribution in [0.25, 0.3) is 0 Å². The second kappa shape index (κ2) is 5.00. The van der Waals surface area contributed by atoms with E-state index in [1.807, 2.05) is 25.1 Å². The molecule has 102 valence electrons. The molecule has 0 aromatic heterocycles. The van der Waals surface area contributed by atoms with Gasteiger partial charge < -0.3 is 11.1 Å². The van der Waals surface area contributed by atoms with Crippen LogP contribution in [-0.2, 0) is 6.42 Å². The summed E-state index contributed by atoms with van der Waals surface area (Å²) in [5.74, 6) is 0.344. The lowest BCUT2D eigenvalue weighted by molar-refractivity contribution is 0.0951. The first kappa shape index (κ1) is 12.7. The number of fused-ring (bicyclic) bond motifs is 1. The minimum absolute atomic E-state index is 0.0874. The third kappa shape index (κ3) is 2.16. The second-order valence-electron chi connectivity index (χ2n) is 5.35. The third-order valence-electron chi connectivity index (χ3n) is 4.04. The number of carbonyl (C=O) groups is 1. The number of carbonyl (C=O) groups excluding carboxylic acids is 1. The standard InChI is InChI=1S/C17H18N2O/c1-11-5-4-8-15(16(11)18)17(20)19-10-13-9-12-6-2-3-7-14(12)13/h2-8,13H,9-10,18H2,1H3,(H,19,20). The Morgan fingerprint density at radius 1 is 1.25 bits per heavy atom. The third-order valence-corrected chi connectivity index (χ3v) is 4.04. The van der Waals surface area contributed by atoms with Gasteiger partial charge in [0.2, 0.25) is 0 Å². The summed E-state index contributed by atoms with van der Waals surface area (Å²) in [4.78, 5) is 12.2. The topological polar surface area (TPSA) is 55.1 Å². The molecule has 0 saturated heterocycles. The Hall–Kier alpha value is -2.29. The molecule has 3 N–H and O–H groups in total. The van der Waals surface area contributed by atoms with Crippen LogP contribution in [0.15, 0.2) is 42.5 Å². The molecule has 1 unspecified atom stereocenters. The van der Waals surface area contributed by atoms with Crippen LogP contribution in [0.2, 0.25) is 0 Å². The smallest absolute Gasteiger partial charge is 0.253 e. The van der Waals surface area contributed by atoms with Crippen molar-refractivity contribution in [2.75, 3.05) is 12.3 Å². The van der Waals surface area contributed by atoms with Crippen LogP contribution < -0.4 is 11.1 Å². The molecular weight excluding hydrogens is 248 g/mol. The molecule has 0 aliphatic heterocycles. The van der Waals surface area contributed by atoms with Crippen LogP contribution in [0.1, 0.15) is 33.0 Å². The van der Waals surface area contributed by atoms with Gasteiger partial charge in [0.05, 0.1) is 5.56 Å². The van der Waals surface area contributed by atoms with Gasteiger partial charge in [-0.3, -0.25) is 4.79 Å². The maximum Gasteiger partial charge on any atom is 0.253 e. The molecule has 0 spiro atoms. The summed E-state index contributed by atoms with van der Waals surface area (Å²) in [6.07, 6.45) is 1.04. The Morgan fingerprint density at radius 2 is 2.05 bits per heavy atom. The first-order valence-electron chi connectivity index (χ1n) is 6.88. The van der Waals surface area contributed by atoms with Gasteiger partial charge in [-0.2, -0.15) is 0 Å². The monoisotopic (exact) mass is 266 g/mol. The molecule has 0 bridgehead atoms. The number of hydrogen-bond donors (Lipinski definition) is 2. The van der Waals surface area contributed by atoms with Crippen LogP contribution in [0.5, 0.6) is 0 Å². The summed E-state index contributed by atoms with van der Waals surface area (Å²) in [6.45, 7) is 2.58. The summed E-state index contributed by atoms with van der Waals surface area (Å²) in [5.41, 5.74) is 10.8. The van der Waals surface area contributed by atoms with Crippen molar-refractivity contribution in [3.8, 4) is 0 Å². The normalized spacial score (nSPS) is 16.1. The number of nitrogen functional groups attached to an aromatic ring is 1. The Bertz CT molecular complexity index is 664. The number of para-hydroxylation sites is 1. The van der Waals surface area contributed by atoms with Crippen LogP contribution >= 0.6 is 0 Å².